The lowest BCUT2D eigenvalue weighted by atomic mass is 10.2. The van der Waals surface area contributed by atoms with E-state index in [-0.39, 0.29) is 4.47 Å². The molecule has 0 atom stereocenters. The van der Waals surface area contributed by atoms with E-state index >= 15 is 0 Å². The minimum absolute atomic E-state index is 0.210. The van der Waals surface area contributed by atoms with Crippen molar-refractivity contribution in [1.29, 1.82) is 5.26 Å². The zero-order valence-electron chi connectivity index (χ0n) is 8.95. The molecule has 0 aromatic heterocycles. The Kier molecular flexibility index (Phi) is 4.44. The van der Waals surface area contributed by atoms with E-state index in [4.69, 9.17) is 5.26 Å². The molecule has 0 saturated heterocycles. The molecule has 0 saturated carbocycles. The Morgan fingerprint density at radius 1 is 1.06 bits per heavy atom. The molecule has 90 valence electrons. The van der Waals surface area contributed by atoms with Crippen molar-refractivity contribution in [1.82, 2.24) is 0 Å². The van der Waals surface area contributed by atoms with Gasteiger partial charge in [-0.05, 0) is 56.1 Å². The zero-order chi connectivity index (χ0) is 13.1. The molecular formula is C13H6Br2FNS. The van der Waals surface area contributed by atoms with Crippen LogP contribution in [0.5, 0.6) is 0 Å². The van der Waals surface area contributed by atoms with Gasteiger partial charge in [-0.3, -0.25) is 0 Å². The highest BCUT2D eigenvalue weighted by molar-refractivity contribution is 9.10. The number of nitriles is 1. The maximum Gasteiger partial charge on any atom is 0.152 e. The Hall–Kier alpha value is -0.830. The first-order chi connectivity index (χ1) is 8.63. The van der Waals surface area contributed by atoms with Gasteiger partial charge >= 0.3 is 0 Å². The fourth-order valence-electron chi connectivity index (χ4n) is 1.34. The molecule has 0 spiro atoms. The van der Waals surface area contributed by atoms with Crippen LogP contribution in [0.1, 0.15) is 5.56 Å². The first-order valence-corrected chi connectivity index (χ1v) is 7.34. The summed E-state index contributed by atoms with van der Waals surface area (Å²) in [6.07, 6.45) is 0. The third kappa shape index (κ3) is 2.77. The third-order valence-corrected chi connectivity index (χ3v) is 5.06. The van der Waals surface area contributed by atoms with Gasteiger partial charge in [0.05, 0.1) is 10.0 Å². The predicted molar refractivity (Wildman–Crippen MR) is 77.1 cm³/mol. The Balaban J connectivity index is 2.40. The first kappa shape index (κ1) is 13.6. The van der Waals surface area contributed by atoms with Gasteiger partial charge in [0.1, 0.15) is 6.07 Å². The van der Waals surface area contributed by atoms with Crippen LogP contribution in [-0.2, 0) is 0 Å². The quantitative estimate of drug-likeness (QED) is 0.692. The van der Waals surface area contributed by atoms with E-state index < -0.39 is 5.82 Å². The number of hydrogen-bond donors (Lipinski definition) is 0. The molecule has 0 N–H and O–H groups in total. The third-order valence-electron chi connectivity index (χ3n) is 2.22. The number of nitrogens with zero attached hydrogens (tertiary/aromatic N) is 1. The van der Waals surface area contributed by atoms with Crippen molar-refractivity contribution in [2.45, 2.75) is 9.79 Å². The molecule has 1 nitrogen and oxygen atoms in total. The number of hydrogen-bond acceptors (Lipinski definition) is 2. The summed E-state index contributed by atoms with van der Waals surface area (Å²) in [5, 5.41) is 8.81. The van der Waals surface area contributed by atoms with Crippen LogP contribution in [0.15, 0.2) is 55.1 Å². The van der Waals surface area contributed by atoms with Crippen molar-refractivity contribution in [2.24, 2.45) is 0 Å². The van der Waals surface area contributed by atoms with E-state index in [2.05, 4.69) is 31.9 Å². The van der Waals surface area contributed by atoms with Gasteiger partial charge in [-0.15, -0.1) is 0 Å². The standard InChI is InChI=1S/C13H6Br2FNS/c14-9-3-1-2-4-10(9)18-11-6-5-8(7-17)12(15)13(11)16/h1-6H. The largest absolute Gasteiger partial charge is 0.204 e. The summed E-state index contributed by atoms with van der Waals surface area (Å²) in [4.78, 5) is 1.40. The van der Waals surface area contributed by atoms with Crippen LogP contribution in [0.3, 0.4) is 0 Å². The van der Waals surface area contributed by atoms with Gasteiger partial charge in [0.2, 0.25) is 0 Å². The molecular weight excluding hydrogens is 381 g/mol. The van der Waals surface area contributed by atoms with Crippen LogP contribution >= 0.6 is 43.6 Å². The monoisotopic (exact) mass is 385 g/mol. The van der Waals surface area contributed by atoms with E-state index in [1.54, 1.807) is 12.1 Å². The predicted octanol–water partition coefficient (Wildman–Crippen LogP) is 5.37. The van der Waals surface area contributed by atoms with Crippen molar-refractivity contribution in [3.8, 4) is 6.07 Å². The molecule has 0 fully saturated rings. The first-order valence-electron chi connectivity index (χ1n) is 4.94. The Morgan fingerprint density at radius 3 is 2.44 bits per heavy atom. The SMILES string of the molecule is N#Cc1ccc(Sc2ccccc2Br)c(F)c1Br. The second-order valence-corrected chi connectivity index (χ2v) is 6.11. The smallest absolute Gasteiger partial charge is 0.152 e. The molecule has 0 radical (unpaired) electrons. The summed E-state index contributed by atoms with van der Waals surface area (Å²) in [7, 11) is 0. The lowest BCUT2D eigenvalue weighted by Gasteiger charge is -2.07. The van der Waals surface area contributed by atoms with Gasteiger partial charge in [-0.2, -0.15) is 5.26 Å². The van der Waals surface area contributed by atoms with Crippen molar-refractivity contribution < 1.29 is 4.39 Å². The molecule has 5 heteroatoms. The Labute approximate surface area is 125 Å². The molecule has 0 amide bonds. The van der Waals surface area contributed by atoms with Gasteiger partial charge in [-0.25, -0.2) is 4.39 Å². The minimum atomic E-state index is -0.408. The van der Waals surface area contributed by atoms with Crippen LogP contribution < -0.4 is 0 Å². The molecule has 18 heavy (non-hydrogen) atoms. The van der Waals surface area contributed by atoms with E-state index in [0.29, 0.717) is 10.5 Å². The van der Waals surface area contributed by atoms with Crippen LogP contribution in [0, 0.1) is 17.1 Å². The lowest BCUT2D eigenvalue weighted by Crippen LogP contribution is -1.88. The average molecular weight is 387 g/mol. The summed E-state index contributed by atoms with van der Waals surface area (Å²) >= 11 is 7.83. The van der Waals surface area contributed by atoms with E-state index in [0.717, 1.165) is 9.37 Å². The molecule has 2 rings (SSSR count). The second-order valence-electron chi connectivity index (χ2n) is 3.38. The summed E-state index contributed by atoms with van der Waals surface area (Å²) in [5.41, 5.74) is 0.295. The average Bonchev–Trinajstić information content (AvgIpc) is 2.38. The molecule has 2 aromatic carbocycles. The molecule has 0 heterocycles. The normalized spacial score (nSPS) is 10.1. The van der Waals surface area contributed by atoms with Gasteiger partial charge in [-0.1, -0.05) is 23.9 Å². The van der Waals surface area contributed by atoms with Crippen LogP contribution in [0.2, 0.25) is 0 Å². The number of halogens is 3. The van der Waals surface area contributed by atoms with Crippen LogP contribution in [-0.4, -0.2) is 0 Å². The van der Waals surface area contributed by atoms with Gasteiger partial charge in [0.15, 0.2) is 5.82 Å². The summed E-state index contributed by atoms with van der Waals surface area (Å²) in [5.74, 6) is -0.408. The Morgan fingerprint density at radius 2 is 1.78 bits per heavy atom. The maximum absolute atomic E-state index is 14.0. The van der Waals surface area contributed by atoms with Crippen molar-refractivity contribution in [3.05, 3.63) is 56.7 Å². The van der Waals surface area contributed by atoms with Crippen molar-refractivity contribution in [3.63, 3.8) is 0 Å². The minimum Gasteiger partial charge on any atom is -0.204 e. The number of benzene rings is 2. The molecule has 0 aliphatic carbocycles. The van der Waals surface area contributed by atoms with Crippen LogP contribution in [0.25, 0.3) is 0 Å². The zero-order valence-corrected chi connectivity index (χ0v) is 12.9. The topological polar surface area (TPSA) is 23.8 Å². The van der Waals surface area contributed by atoms with Crippen molar-refractivity contribution in [2.75, 3.05) is 0 Å². The van der Waals surface area contributed by atoms with E-state index in [1.165, 1.54) is 11.8 Å². The van der Waals surface area contributed by atoms with Crippen LogP contribution in [0.4, 0.5) is 4.39 Å². The number of rotatable bonds is 2. The highest BCUT2D eigenvalue weighted by Crippen LogP contribution is 2.37. The fraction of sp³-hybridized carbons (Fsp3) is 0. The maximum atomic E-state index is 14.0. The molecule has 0 unspecified atom stereocenters. The lowest BCUT2D eigenvalue weighted by molar-refractivity contribution is 0.594. The van der Waals surface area contributed by atoms with E-state index in [9.17, 15) is 4.39 Å². The van der Waals surface area contributed by atoms with Gasteiger partial charge in [0.25, 0.3) is 0 Å². The summed E-state index contributed by atoms with van der Waals surface area (Å²) in [6, 6.07) is 12.7. The summed E-state index contributed by atoms with van der Waals surface area (Å²) < 4.78 is 15.2. The fourth-order valence-corrected chi connectivity index (χ4v) is 3.31. The Bertz CT molecular complexity index is 637. The molecule has 0 aliphatic heterocycles. The highest BCUT2D eigenvalue weighted by Gasteiger charge is 2.13. The summed E-state index contributed by atoms with van der Waals surface area (Å²) in [6.45, 7) is 0. The molecule has 0 aliphatic rings. The second kappa shape index (κ2) is 5.87. The van der Waals surface area contributed by atoms with E-state index in [1.807, 2.05) is 30.3 Å². The highest BCUT2D eigenvalue weighted by atomic mass is 79.9. The van der Waals surface area contributed by atoms with Crippen molar-refractivity contribution >= 4 is 43.6 Å². The van der Waals surface area contributed by atoms with Gasteiger partial charge < -0.3 is 0 Å². The molecule has 2 aromatic rings. The molecule has 0 bridgehead atoms. The van der Waals surface area contributed by atoms with Gasteiger partial charge in [0, 0.05) is 14.3 Å².